The molecule has 0 fully saturated rings. The third-order valence-corrected chi connectivity index (χ3v) is 3.54. The molecule has 1 aromatic carbocycles. The maximum atomic E-state index is 11.0. The Morgan fingerprint density at radius 3 is 2.47 bits per heavy atom. The van der Waals surface area contributed by atoms with Crippen LogP contribution < -0.4 is 5.73 Å². The van der Waals surface area contributed by atoms with Crippen LogP contribution in [0.3, 0.4) is 0 Å². The minimum absolute atomic E-state index is 0.330. The molecule has 1 aromatic rings. The fraction of sp³-hybridized carbons (Fsp3) is 0.562. The van der Waals surface area contributed by atoms with Gasteiger partial charge < -0.3 is 10.8 Å². The lowest BCUT2D eigenvalue weighted by atomic mass is 9.87. The Kier molecular flexibility index (Phi) is 5.55. The zero-order chi connectivity index (χ0) is 14.5. The van der Waals surface area contributed by atoms with Crippen LogP contribution in [0.4, 0.5) is 0 Å². The average Bonchev–Trinajstić information content (AvgIpc) is 2.31. The van der Waals surface area contributed by atoms with E-state index in [1.54, 1.807) is 6.92 Å². The molecule has 3 nitrogen and oxygen atoms in total. The highest BCUT2D eigenvalue weighted by atomic mass is 16.4. The summed E-state index contributed by atoms with van der Waals surface area (Å²) in [6.07, 6.45) is 3.64. The SMILES string of the molecule is Cc1ccc(CCCC(C)CC(C)(N)C(=O)O)cc1. The van der Waals surface area contributed by atoms with Crippen LogP contribution in [0.15, 0.2) is 24.3 Å². The van der Waals surface area contributed by atoms with Crippen LogP contribution in [0.1, 0.15) is 44.2 Å². The predicted molar refractivity (Wildman–Crippen MR) is 78.1 cm³/mol. The van der Waals surface area contributed by atoms with Crippen molar-refractivity contribution in [3.05, 3.63) is 35.4 Å². The number of carboxylic acid groups (broad SMARTS) is 1. The molecule has 1 rings (SSSR count). The topological polar surface area (TPSA) is 63.3 Å². The Morgan fingerprint density at radius 2 is 1.95 bits per heavy atom. The first kappa shape index (κ1) is 15.7. The maximum absolute atomic E-state index is 11.0. The van der Waals surface area contributed by atoms with Gasteiger partial charge in [-0.3, -0.25) is 4.79 Å². The van der Waals surface area contributed by atoms with Crippen molar-refractivity contribution in [1.29, 1.82) is 0 Å². The molecule has 0 aliphatic carbocycles. The van der Waals surface area contributed by atoms with Crippen molar-refractivity contribution in [2.45, 2.75) is 52.0 Å². The number of aliphatic carboxylic acids is 1. The molecule has 0 aliphatic heterocycles. The van der Waals surface area contributed by atoms with Crippen LogP contribution >= 0.6 is 0 Å². The van der Waals surface area contributed by atoms with Crippen molar-refractivity contribution < 1.29 is 9.90 Å². The summed E-state index contributed by atoms with van der Waals surface area (Å²) in [5, 5.41) is 8.99. The number of nitrogens with two attached hydrogens (primary N) is 1. The summed E-state index contributed by atoms with van der Waals surface area (Å²) in [5.74, 6) is -0.588. The smallest absolute Gasteiger partial charge is 0.323 e. The Labute approximate surface area is 115 Å². The highest BCUT2D eigenvalue weighted by Crippen LogP contribution is 2.20. The molecule has 0 radical (unpaired) electrons. The van der Waals surface area contributed by atoms with Crippen LogP contribution in [0.5, 0.6) is 0 Å². The van der Waals surface area contributed by atoms with Crippen molar-refractivity contribution in [1.82, 2.24) is 0 Å². The molecule has 0 heterocycles. The van der Waals surface area contributed by atoms with Gasteiger partial charge in [-0.05, 0) is 44.6 Å². The van der Waals surface area contributed by atoms with Crippen molar-refractivity contribution in [3.63, 3.8) is 0 Å². The third kappa shape index (κ3) is 5.43. The summed E-state index contributed by atoms with van der Waals surface area (Å²) in [7, 11) is 0. The minimum atomic E-state index is -1.11. The molecule has 0 bridgehead atoms. The van der Waals surface area contributed by atoms with E-state index in [4.69, 9.17) is 10.8 Å². The first-order valence-corrected chi connectivity index (χ1v) is 6.89. The molecule has 2 atom stereocenters. The van der Waals surface area contributed by atoms with Gasteiger partial charge in [0.15, 0.2) is 0 Å². The van der Waals surface area contributed by atoms with Gasteiger partial charge in [-0.25, -0.2) is 0 Å². The van der Waals surface area contributed by atoms with Crippen LogP contribution in [0.25, 0.3) is 0 Å². The van der Waals surface area contributed by atoms with E-state index in [9.17, 15) is 4.79 Å². The van der Waals surface area contributed by atoms with Crippen LogP contribution in [0.2, 0.25) is 0 Å². The van der Waals surface area contributed by atoms with E-state index < -0.39 is 11.5 Å². The second-order valence-corrected chi connectivity index (χ2v) is 5.91. The van der Waals surface area contributed by atoms with Gasteiger partial charge in [0.25, 0.3) is 0 Å². The highest BCUT2D eigenvalue weighted by molar-refractivity contribution is 5.77. The lowest BCUT2D eigenvalue weighted by Gasteiger charge is -2.23. The average molecular weight is 263 g/mol. The fourth-order valence-electron chi connectivity index (χ4n) is 2.32. The standard InChI is InChI=1S/C16H25NO2/c1-12-7-9-14(10-8-12)6-4-5-13(2)11-16(3,17)15(18)19/h7-10,13H,4-6,11,17H2,1-3H3,(H,18,19). The highest BCUT2D eigenvalue weighted by Gasteiger charge is 2.29. The van der Waals surface area contributed by atoms with Gasteiger partial charge in [0.05, 0.1) is 0 Å². The third-order valence-electron chi connectivity index (χ3n) is 3.54. The minimum Gasteiger partial charge on any atom is -0.480 e. The lowest BCUT2D eigenvalue weighted by molar-refractivity contribution is -0.143. The Bertz CT molecular complexity index is 409. The number of carboxylic acids is 1. The second kappa shape index (κ2) is 6.71. The molecule has 19 heavy (non-hydrogen) atoms. The van der Waals surface area contributed by atoms with E-state index in [-0.39, 0.29) is 0 Å². The number of hydrogen-bond donors (Lipinski definition) is 2. The Morgan fingerprint density at radius 1 is 1.37 bits per heavy atom. The number of hydrogen-bond acceptors (Lipinski definition) is 2. The number of rotatable bonds is 7. The van der Waals surface area contributed by atoms with Gasteiger partial charge in [0.2, 0.25) is 0 Å². The number of carbonyl (C=O) groups is 1. The lowest BCUT2D eigenvalue weighted by Crippen LogP contribution is -2.46. The molecule has 0 aromatic heterocycles. The normalized spacial score (nSPS) is 15.8. The van der Waals surface area contributed by atoms with Crippen molar-refractivity contribution >= 4 is 5.97 Å². The summed E-state index contributed by atoms with van der Waals surface area (Å²) < 4.78 is 0. The van der Waals surface area contributed by atoms with Crippen molar-refractivity contribution in [2.75, 3.05) is 0 Å². The van der Waals surface area contributed by atoms with Gasteiger partial charge in [-0.1, -0.05) is 43.2 Å². The molecule has 0 amide bonds. The zero-order valence-electron chi connectivity index (χ0n) is 12.1. The molecule has 0 saturated heterocycles. The van der Waals surface area contributed by atoms with E-state index in [2.05, 4.69) is 38.1 Å². The Balaban J connectivity index is 2.33. The molecule has 3 heteroatoms. The largest absolute Gasteiger partial charge is 0.480 e. The predicted octanol–water partition coefficient (Wildman–Crippen LogP) is 3.15. The first-order chi connectivity index (χ1) is 8.81. The van der Waals surface area contributed by atoms with Crippen molar-refractivity contribution in [3.8, 4) is 0 Å². The molecule has 2 unspecified atom stereocenters. The molecule has 106 valence electrons. The van der Waals surface area contributed by atoms with E-state index in [1.165, 1.54) is 11.1 Å². The van der Waals surface area contributed by atoms with E-state index in [0.717, 1.165) is 19.3 Å². The van der Waals surface area contributed by atoms with Crippen LogP contribution in [-0.2, 0) is 11.2 Å². The number of aryl methyl sites for hydroxylation is 2. The van der Waals surface area contributed by atoms with Gasteiger partial charge in [0, 0.05) is 0 Å². The maximum Gasteiger partial charge on any atom is 0.323 e. The van der Waals surface area contributed by atoms with Crippen LogP contribution in [-0.4, -0.2) is 16.6 Å². The monoisotopic (exact) mass is 263 g/mol. The second-order valence-electron chi connectivity index (χ2n) is 5.91. The quantitative estimate of drug-likeness (QED) is 0.794. The molecule has 0 spiro atoms. The summed E-state index contributed by atoms with van der Waals surface area (Å²) in [6, 6.07) is 8.56. The Hall–Kier alpha value is -1.35. The van der Waals surface area contributed by atoms with E-state index in [0.29, 0.717) is 12.3 Å². The van der Waals surface area contributed by atoms with E-state index >= 15 is 0 Å². The van der Waals surface area contributed by atoms with E-state index in [1.807, 2.05) is 0 Å². The molecule has 3 N–H and O–H groups in total. The van der Waals surface area contributed by atoms with Gasteiger partial charge in [-0.2, -0.15) is 0 Å². The van der Waals surface area contributed by atoms with Crippen LogP contribution in [0, 0.1) is 12.8 Å². The summed E-state index contributed by atoms with van der Waals surface area (Å²) in [6.45, 7) is 5.74. The molecule has 0 aliphatic rings. The molecular weight excluding hydrogens is 238 g/mol. The number of benzene rings is 1. The summed E-state index contributed by atoms with van der Waals surface area (Å²) in [5.41, 5.74) is 7.27. The van der Waals surface area contributed by atoms with Gasteiger partial charge >= 0.3 is 5.97 Å². The summed E-state index contributed by atoms with van der Waals surface area (Å²) in [4.78, 5) is 11.0. The first-order valence-electron chi connectivity index (χ1n) is 6.89. The summed E-state index contributed by atoms with van der Waals surface area (Å²) >= 11 is 0. The zero-order valence-corrected chi connectivity index (χ0v) is 12.1. The van der Waals surface area contributed by atoms with Crippen molar-refractivity contribution in [2.24, 2.45) is 11.7 Å². The fourth-order valence-corrected chi connectivity index (χ4v) is 2.32. The van der Waals surface area contributed by atoms with Gasteiger partial charge in [0.1, 0.15) is 5.54 Å². The molecular formula is C16H25NO2. The molecule has 0 saturated carbocycles. The van der Waals surface area contributed by atoms with Gasteiger partial charge in [-0.15, -0.1) is 0 Å².